The molecule has 3 heterocycles. The first kappa shape index (κ1) is 22.0. The van der Waals surface area contributed by atoms with Crippen LogP contribution >= 0.6 is 0 Å². The van der Waals surface area contributed by atoms with Gasteiger partial charge < -0.3 is 10.1 Å². The summed E-state index contributed by atoms with van der Waals surface area (Å²) in [4.78, 5) is 36.6. The first-order valence-corrected chi connectivity index (χ1v) is 10.4. The second-order valence-corrected chi connectivity index (χ2v) is 7.18. The smallest absolute Gasteiger partial charge is 0.249 e. The van der Waals surface area contributed by atoms with Crippen molar-refractivity contribution in [1.29, 1.82) is 0 Å². The van der Waals surface area contributed by atoms with E-state index in [9.17, 15) is 9.59 Å². The van der Waals surface area contributed by atoms with Gasteiger partial charge >= 0.3 is 0 Å². The molecule has 168 valence electrons. The summed E-state index contributed by atoms with van der Waals surface area (Å²) >= 11 is 0. The molecule has 33 heavy (non-hydrogen) atoms. The van der Waals surface area contributed by atoms with Gasteiger partial charge in [0.25, 0.3) is 0 Å². The molecule has 0 fully saturated rings. The summed E-state index contributed by atoms with van der Waals surface area (Å²) in [6, 6.07) is 13.3. The molecule has 10 heteroatoms. The van der Waals surface area contributed by atoms with Crippen molar-refractivity contribution in [3.05, 3.63) is 78.9 Å². The molecular weight excluding hydrogens is 422 g/mol. The normalized spacial score (nSPS) is 11.8. The van der Waals surface area contributed by atoms with E-state index in [-0.39, 0.29) is 18.4 Å². The number of methoxy groups -OCH3 is 1. The van der Waals surface area contributed by atoms with Crippen molar-refractivity contribution in [3.63, 3.8) is 0 Å². The number of pyridine rings is 2. The maximum absolute atomic E-state index is 13.7. The van der Waals surface area contributed by atoms with Crippen LogP contribution in [0, 0.1) is 0 Å². The number of para-hydroxylation sites is 1. The van der Waals surface area contributed by atoms with E-state index in [1.54, 1.807) is 56.2 Å². The van der Waals surface area contributed by atoms with E-state index in [4.69, 9.17) is 4.74 Å². The lowest BCUT2D eigenvalue weighted by Crippen LogP contribution is -2.46. The van der Waals surface area contributed by atoms with Gasteiger partial charge in [0.1, 0.15) is 18.1 Å². The molecule has 0 radical (unpaired) electrons. The minimum atomic E-state index is -0.948. The highest BCUT2D eigenvalue weighted by Gasteiger charge is 2.33. The topological polar surface area (TPSA) is 115 Å². The van der Waals surface area contributed by atoms with Crippen molar-refractivity contribution in [2.24, 2.45) is 0 Å². The summed E-state index contributed by atoms with van der Waals surface area (Å²) in [5.74, 6) is -0.693. The van der Waals surface area contributed by atoms with Crippen LogP contribution in [0.15, 0.2) is 73.3 Å². The minimum absolute atomic E-state index is 0.109. The Hall–Kier alpha value is -4.18. The van der Waals surface area contributed by atoms with Gasteiger partial charge in [-0.3, -0.25) is 24.5 Å². The maximum Gasteiger partial charge on any atom is 0.249 e. The molecule has 10 nitrogen and oxygen atoms in total. The van der Waals surface area contributed by atoms with E-state index < -0.39 is 6.04 Å². The Morgan fingerprint density at radius 2 is 1.88 bits per heavy atom. The van der Waals surface area contributed by atoms with Gasteiger partial charge in [-0.15, -0.1) is 5.10 Å². The van der Waals surface area contributed by atoms with Crippen molar-refractivity contribution in [2.45, 2.75) is 12.6 Å². The molecule has 3 aromatic heterocycles. The summed E-state index contributed by atoms with van der Waals surface area (Å²) in [5.41, 5.74) is 2.50. The minimum Gasteiger partial charge on any atom is -0.383 e. The van der Waals surface area contributed by atoms with Crippen LogP contribution in [0.2, 0.25) is 0 Å². The van der Waals surface area contributed by atoms with Crippen LogP contribution in [0.5, 0.6) is 0 Å². The molecule has 2 amide bonds. The third kappa shape index (κ3) is 5.01. The molecule has 1 atom stereocenters. The van der Waals surface area contributed by atoms with Crippen molar-refractivity contribution < 1.29 is 14.3 Å². The van der Waals surface area contributed by atoms with Crippen LogP contribution < -0.4 is 10.2 Å². The van der Waals surface area contributed by atoms with E-state index in [1.165, 1.54) is 9.58 Å². The fourth-order valence-corrected chi connectivity index (χ4v) is 3.51. The molecule has 0 aliphatic rings. The Morgan fingerprint density at radius 3 is 2.64 bits per heavy atom. The number of amides is 2. The standard InChI is InChI=1S/C23H23N7O3/c1-33-14-13-26-23(32)22(17-8-11-24-12-9-17)30(18-5-4-10-25-15-18)21(31)16-29-20-7-3-2-6-19(20)27-28-29/h2-12,15,22H,13-14,16H2,1H3,(H,26,32). The molecule has 0 aliphatic heterocycles. The van der Waals surface area contributed by atoms with Gasteiger partial charge in [0.05, 0.1) is 24.0 Å². The van der Waals surface area contributed by atoms with E-state index in [1.807, 2.05) is 24.3 Å². The molecule has 1 aromatic carbocycles. The SMILES string of the molecule is COCCNC(=O)C(c1ccncc1)N(C(=O)Cn1nnc2ccccc21)c1cccnc1. The van der Waals surface area contributed by atoms with Crippen LogP contribution in [0.25, 0.3) is 11.0 Å². The van der Waals surface area contributed by atoms with Crippen LogP contribution in [0.3, 0.4) is 0 Å². The lowest BCUT2D eigenvalue weighted by atomic mass is 10.0. The van der Waals surface area contributed by atoms with Crippen molar-refractivity contribution >= 4 is 28.5 Å². The molecule has 1 N–H and O–H groups in total. The Bertz CT molecular complexity index is 1210. The number of fused-ring (bicyclic) bond motifs is 1. The molecule has 0 bridgehead atoms. The number of hydrogen-bond acceptors (Lipinski definition) is 7. The molecule has 0 saturated heterocycles. The lowest BCUT2D eigenvalue weighted by molar-refractivity contribution is -0.127. The Morgan fingerprint density at radius 1 is 1.06 bits per heavy atom. The number of hydrogen-bond donors (Lipinski definition) is 1. The average molecular weight is 445 g/mol. The number of ether oxygens (including phenoxy) is 1. The zero-order valence-corrected chi connectivity index (χ0v) is 18.0. The van der Waals surface area contributed by atoms with Gasteiger partial charge in [0.2, 0.25) is 11.8 Å². The van der Waals surface area contributed by atoms with Gasteiger partial charge in [0.15, 0.2) is 0 Å². The molecular formula is C23H23N7O3. The Labute approximate surface area is 190 Å². The number of benzene rings is 1. The fourth-order valence-electron chi connectivity index (χ4n) is 3.51. The van der Waals surface area contributed by atoms with E-state index in [2.05, 4.69) is 25.6 Å². The Kier molecular flexibility index (Phi) is 6.96. The zero-order valence-electron chi connectivity index (χ0n) is 18.0. The van der Waals surface area contributed by atoms with E-state index >= 15 is 0 Å². The molecule has 1 unspecified atom stereocenters. The van der Waals surface area contributed by atoms with Crippen molar-refractivity contribution in [3.8, 4) is 0 Å². The van der Waals surface area contributed by atoms with Crippen LogP contribution in [0.4, 0.5) is 5.69 Å². The summed E-state index contributed by atoms with van der Waals surface area (Å²) in [5, 5.41) is 11.1. The summed E-state index contributed by atoms with van der Waals surface area (Å²) in [6.07, 6.45) is 6.33. The number of nitrogens with zero attached hydrogens (tertiary/aromatic N) is 6. The molecule has 4 aromatic rings. The molecule has 0 aliphatic carbocycles. The monoisotopic (exact) mass is 445 g/mol. The maximum atomic E-state index is 13.7. The van der Waals surface area contributed by atoms with Crippen LogP contribution in [0.1, 0.15) is 11.6 Å². The second-order valence-electron chi connectivity index (χ2n) is 7.18. The van der Waals surface area contributed by atoms with Crippen LogP contribution in [-0.4, -0.2) is 57.0 Å². The predicted molar refractivity (Wildman–Crippen MR) is 121 cm³/mol. The summed E-state index contributed by atoms with van der Waals surface area (Å²) < 4.78 is 6.57. The second kappa shape index (κ2) is 10.4. The number of carbonyl (C=O) groups is 2. The largest absolute Gasteiger partial charge is 0.383 e. The number of carbonyl (C=O) groups excluding carboxylic acids is 2. The van der Waals surface area contributed by atoms with E-state index in [0.29, 0.717) is 29.9 Å². The number of anilines is 1. The van der Waals surface area contributed by atoms with Crippen molar-refractivity contribution in [1.82, 2.24) is 30.3 Å². The highest BCUT2D eigenvalue weighted by Crippen LogP contribution is 2.28. The van der Waals surface area contributed by atoms with Crippen LogP contribution in [-0.2, 0) is 20.9 Å². The van der Waals surface area contributed by atoms with Gasteiger partial charge in [-0.25, -0.2) is 4.68 Å². The van der Waals surface area contributed by atoms with Gasteiger partial charge in [0, 0.05) is 32.2 Å². The Balaban J connectivity index is 1.73. The highest BCUT2D eigenvalue weighted by molar-refractivity contribution is 6.01. The first-order valence-electron chi connectivity index (χ1n) is 10.4. The van der Waals surface area contributed by atoms with E-state index in [0.717, 1.165) is 5.52 Å². The zero-order chi connectivity index (χ0) is 23.0. The first-order chi connectivity index (χ1) is 16.2. The lowest BCUT2D eigenvalue weighted by Gasteiger charge is -2.31. The van der Waals surface area contributed by atoms with Gasteiger partial charge in [-0.05, 0) is 42.0 Å². The third-order valence-electron chi connectivity index (χ3n) is 5.03. The molecule has 0 saturated carbocycles. The van der Waals surface area contributed by atoms with Gasteiger partial charge in [-0.1, -0.05) is 17.3 Å². The van der Waals surface area contributed by atoms with Gasteiger partial charge in [-0.2, -0.15) is 0 Å². The quantitative estimate of drug-likeness (QED) is 0.390. The summed E-state index contributed by atoms with van der Waals surface area (Å²) in [7, 11) is 1.56. The average Bonchev–Trinajstić information content (AvgIpc) is 3.26. The molecule has 4 rings (SSSR count). The fraction of sp³-hybridized carbons (Fsp3) is 0.217. The number of nitrogens with one attached hydrogen (secondary N) is 1. The number of aromatic nitrogens is 5. The highest BCUT2D eigenvalue weighted by atomic mass is 16.5. The predicted octanol–water partition coefficient (Wildman–Crippen LogP) is 1.76. The summed E-state index contributed by atoms with van der Waals surface area (Å²) in [6.45, 7) is 0.544. The molecule has 0 spiro atoms. The number of rotatable bonds is 9. The van der Waals surface area contributed by atoms with Crippen molar-refractivity contribution in [2.75, 3.05) is 25.2 Å². The third-order valence-corrected chi connectivity index (χ3v) is 5.03.